The van der Waals surface area contributed by atoms with E-state index in [0.29, 0.717) is 6.07 Å². The molecule has 16 heavy (non-hydrogen) atoms. The summed E-state index contributed by atoms with van der Waals surface area (Å²) in [5, 5.41) is 0. The van der Waals surface area contributed by atoms with Gasteiger partial charge in [0.05, 0.1) is 18.7 Å². The number of aromatic nitrogens is 1. The average molecular weight is 254 g/mol. The second kappa shape index (κ2) is 5.16. The molecule has 88 valence electrons. The molecule has 1 rings (SSSR count). The summed E-state index contributed by atoms with van der Waals surface area (Å²) in [7, 11) is 1.03. The van der Waals surface area contributed by atoms with Crippen molar-refractivity contribution in [2.45, 2.75) is 12.3 Å². The van der Waals surface area contributed by atoms with Crippen molar-refractivity contribution in [2.75, 3.05) is 7.11 Å². The number of hydrogen-bond acceptors (Lipinski definition) is 3. The molecule has 0 aromatic carbocycles. The van der Waals surface area contributed by atoms with Crippen LogP contribution in [0, 0.1) is 5.82 Å². The molecule has 0 radical (unpaired) electrons. The summed E-state index contributed by atoms with van der Waals surface area (Å²) in [4.78, 5) is 14.4. The van der Waals surface area contributed by atoms with E-state index in [9.17, 15) is 18.0 Å². The van der Waals surface area contributed by atoms with Crippen LogP contribution in [0.4, 0.5) is 13.2 Å². The molecule has 0 amide bonds. The number of pyridine rings is 1. The molecule has 0 aliphatic carbocycles. The lowest BCUT2D eigenvalue weighted by Crippen LogP contribution is -2.11. The molecule has 1 aromatic rings. The van der Waals surface area contributed by atoms with Gasteiger partial charge in [0.1, 0.15) is 0 Å². The van der Waals surface area contributed by atoms with E-state index in [0.717, 1.165) is 7.11 Å². The molecule has 3 nitrogen and oxygen atoms in total. The largest absolute Gasteiger partial charge is 0.464 e. The summed E-state index contributed by atoms with van der Waals surface area (Å²) in [6.45, 7) is 0. The minimum atomic E-state index is -2.90. The van der Waals surface area contributed by atoms with Crippen molar-refractivity contribution < 1.29 is 22.7 Å². The van der Waals surface area contributed by atoms with E-state index < -0.39 is 29.5 Å². The standard InChI is InChI=1S/C9H7ClF3NO2/c1-16-9(15)7-5(11)2-4(8(12)13)6(3-10)14-7/h2,8H,3H2,1H3. The van der Waals surface area contributed by atoms with E-state index in [1.165, 1.54) is 0 Å². The molecule has 0 atom stereocenters. The molecule has 7 heteroatoms. The Hall–Kier alpha value is -1.30. The predicted octanol–water partition coefficient (Wildman–Crippen LogP) is 2.68. The van der Waals surface area contributed by atoms with Gasteiger partial charge in [-0.1, -0.05) is 0 Å². The predicted molar refractivity (Wildman–Crippen MR) is 50.0 cm³/mol. The van der Waals surface area contributed by atoms with Crippen LogP contribution in [0.5, 0.6) is 0 Å². The maximum Gasteiger partial charge on any atom is 0.359 e. The highest BCUT2D eigenvalue weighted by Crippen LogP contribution is 2.25. The second-order valence-corrected chi connectivity index (χ2v) is 3.05. The molecule has 0 spiro atoms. The number of carbonyl (C=O) groups excluding carboxylic acids is 1. The molecule has 1 aromatic heterocycles. The highest BCUT2D eigenvalue weighted by atomic mass is 35.5. The number of methoxy groups -OCH3 is 1. The molecule has 0 fully saturated rings. The highest BCUT2D eigenvalue weighted by molar-refractivity contribution is 6.17. The van der Waals surface area contributed by atoms with Crippen molar-refractivity contribution in [3.05, 3.63) is 28.8 Å². The zero-order valence-corrected chi connectivity index (χ0v) is 8.89. The van der Waals surface area contributed by atoms with Crippen LogP contribution in [-0.2, 0) is 10.6 Å². The van der Waals surface area contributed by atoms with Crippen LogP contribution in [0.3, 0.4) is 0 Å². The molecule has 0 unspecified atom stereocenters. The van der Waals surface area contributed by atoms with E-state index in [2.05, 4.69) is 9.72 Å². The van der Waals surface area contributed by atoms with Gasteiger partial charge in [0, 0.05) is 5.56 Å². The third kappa shape index (κ3) is 2.44. The topological polar surface area (TPSA) is 39.2 Å². The molecular formula is C9H7ClF3NO2. The second-order valence-electron chi connectivity index (χ2n) is 2.78. The van der Waals surface area contributed by atoms with Gasteiger partial charge in [-0.3, -0.25) is 0 Å². The molecule has 1 heterocycles. The van der Waals surface area contributed by atoms with Crippen LogP contribution >= 0.6 is 11.6 Å². The van der Waals surface area contributed by atoms with Crippen LogP contribution in [0.25, 0.3) is 0 Å². The SMILES string of the molecule is COC(=O)c1nc(CCl)c(C(F)F)cc1F. The summed E-state index contributed by atoms with van der Waals surface area (Å²) in [5.41, 5.74) is -1.51. The van der Waals surface area contributed by atoms with Gasteiger partial charge in [-0.05, 0) is 6.07 Å². The van der Waals surface area contributed by atoms with Gasteiger partial charge in [0.25, 0.3) is 6.43 Å². The fraction of sp³-hybridized carbons (Fsp3) is 0.333. The lowest BCUT2D eigenvalue weighted by atomic mass is 10.2. The van der Waals surface area contributed by atoms with E-state index in [1.54, 1.807) is 0 Å². The van der Waals surface area contributed by atoms with Crippen molar-refractivity contribution in [2.24, 2.45) is 0 Å². The average Bonchev–Trinajstić information content (AvgIpc) is 2.27. The number of alkyl halides is 3. The normalized spacial score (nSPS) is 10.6. The van der Waals surface area contributed by atoms with Crippen molar-refractivity contribution in [1.82, 2.24) is 4.98 Å². The van der Waals surface area contributed by atoms with E-state index in [4.69, 9.17) is 11.6 Å². The van der Waals surface area contributed by atoms with Crippen LogP contribution < -0.4 is 0 Å². The molecule has 0 saturated heterocycles. The number of rotatable bonds is 3. The Kier molecular flexibility index (Phi) is 4.12. The van der Waals surface area contributed by atoms with E-state index >= 15 is 0 Å². The fourth-order valence-electron chi connectivity index (χ4n) is 1.08. The summed E-state index contributed by atoms with van der Waals surface area (Å²) >= 11 is 5.38. The number of hydrogen-bond donors (Lipinski definition) is 0. The summed E-state index contributed by atoms with van der Waals surface area (Å²) < 4.78 is 42.3. The highest BCUT2D eigenvalue weighted by Gasteiger charge is 2.21. The summed E-state index contributed by atoms with van der Waals surface area (Å²) in [6, 6.07) is 0.543. The Labute approximate surface area is 94.2 Å². The van der Waals surface area contributed by atoms with Crippen molar-refractivity contribution in [3.63, 3.8) is 0 Å². The van der Waals surface area contributed by atoms with Crippen molar-refractivity contribution in [3.8, 4) is 0 Å². The quantitative estimate of drug-likeness (QED) is 0.614. The van der Waals surface area contributed by atoms with Crippen molar-refractivity contribution >= 4 is 17.6 Å². The number of halogens is 4. The number of esters is 1. The van der Waals surface area contributed by atoms with Crippen LogP contribution in [0.2, 0.25) is 0 Å². The smallest absolute Gasteiger partial charge is 0.359 e. The summed E-state index contributed by atoms with van der Waals surface area (Å²) in [5.74, 6) is -2.54. The lowest BCUT2D eigenvalue weighted by Gasteiger charge is -2.08. The first-order valence-electron chi connectivity index (χ1n) is 4.13. The lowest BCUT2D eigenvalue weighted by molar-refractivity contribution is 0.0587. The van der Waals surface area contributed by atoms with Crippen molar-refractivity contribution in [1.29, 1.82) is 0 Å². The molecular weight excluding hydrogens is 247 g/mol. The molecule has 0 saturated carbocycles. The zero-order valence-electron chi connectivity index (χ0n) is 8.14. The molecule has 0 aliphatic heterocycles. The maximum absolute atomic E-state index is 13.2. The van der Waals surface area contributed by atoms with Gasteiger partial charge in [-0.2, -0.15) is 0 Å². The first-order chi connectivity index (χ1) is 7.51. The van der Waals surface area contributed by atoms with Crippen LogP contribution in [-0.4, -0.2) is 18.1 Å². The fourth-order valence-corrected chi connectivity index (χ4v) is 1.29. The van der Waals surface area contributed by atoms with Gasteiger partial charge in [0.2, 0.25) is 0 Å². The Morgan fingerprint density at radius 1 is 1.62 bits per heavy atom. The third-order valence-corrected chi connectivity index (χ3v) is 2.08. The Morgan fingerprint density at radius 3 is 2.69 bits per heavy atom. The first kappa shape index (κ1) is 12.8. The number of ether oxygens (including phenoxy) is 1. The zero-order chi connectivity index (χ0) is 12.3. The number of carbonyl (C=O) groups is 1. The van der Waals surface area contributed by atoms with E-state index in [-0.39, 0.29) is 11.6 Å². The molecule has 0 aliphatic rings. The van der Waals surface area contributed by atoms with Gasteiger partial charge in [0.15, 0.2) is 11.5 Å². The Bertz CT molecular complexity index is 412. The maximum atomic E-state index is 13.2. The van der Waals surface area contributed by atoms with E-state index in [1.807, 2.05) is 0 Å². The Morgan fingerprint density at radius 2 is 2.25 bits per heavy atom. The third-order valence-electron chi connectivity index (χ3n) is 1.83. The Balaban J connectivity index is 3.31. The monoisotopic (exact) mass is 253 g/mol. The number of nitrogens with zero attached hydrogens (tertiary/aromatic N) is 1. The molecule has 0 N–H and O–H groups in total. The van der Waals surface area contributed by atoms with Gasteiger partial charge in [-0.15, -0.1) is 11.6 Å². The minimum absolute atomic E-state index is 0.238. The van der Waals surface area contributed by atoms with Gasteiger partial charge >= 0.3 is 5.97 Å². The van der Waals surface area contributed by atoms with Gasteiger partial charge in [-0.25, -0.2) is 22.9 Å². The van der Waals surface area contributed by atoms with Crippen LogP contribution in [0.1, 0.15) is 28.2 Å². The molecule has 0 bridgehead atoms. The minimum Gasteiger partial charge on any atom is -0.464 e. The van der Waals surface area contributed by atoms with Gasteiger partial charge < -0.3 is 4.74 Å². The van der Waals surface area contributed by atoms with Crippen LogP contribution in [0.15, 0.2) is 6.07 Å². The first-order valence-corrected chi connectivity index (χ1v) is 4.66. The summed E-state index contributed by atoms with van der Waals surface area (Å²) in [6.07, 6.45) is -2.90.